The highest BCUT2D eigenvalue weighted by molar-refractivity contribution is 7.92. The van der Waals surface area contributed by atoms with Crippen LogP contribution in [0.2, 0.25) is 5.02 Å². The molecule has 0 aliphatic heterocycles. The summed E-state index contributed by atoms with van der Waals surface area (Å²) in [6.07, 6.45) is 0. The maximum Gasteiger partial charge on any atom is 0.264 e. The van der Waals surface area contributed by atoms with Crippen molar-refractivity contribution in [3.63, 3.8) is 0 Å². The second kappa shape index (κ2) is 10.9. The van der Waals surface area contributed by atoms with Gasteiger partial charge in [0.1, 0.15) is 18.9 Å². The molecule has 0 aliphatic carbocycles. The van der Waals surface area contributed by atoms with E-state index in [-0.39, 0.29) is 24.6 Å². The van der Waals surface area contributed by atoms with Crippen LogP contribution in [0.3, 0.4) is 0 Å². The molecular formula is C26H29ClN2O4S. The van der Waals surface area contributed by atoms with Crippen molar-refractivity contribution in [2.24, 2.45) is 0 Å². The molecule has 6 nitrogen and oxygen atoms in total. The first-order valence-corrected chi connectivity index (χ1v) is 12.7. The molecule has 0 atom stereocenters. The van der Waals surface area contributed by atoms with Gasteiger partial charge >= 0.3 is 0 Å². The summed E-state index contributed by atoms with van der Waals surface area (Å²) < 4.78 is 33.9. The number of carbonyl (C=O) groups excluding carboxylic acids is 1. The van der Waals surface area contributed by atoms with Crippen LogP contribution in [0.1, 0.15) is 22.3 Å². The third-order valence-corrected chi connectivity index (χ3v) is 7.57. The molecule has 3 rings (SSSR count). The largest absolute Gasteiger partial charge is 0.491 e. The van der Waals surface area contributed by atoms with Gasteiger partial charge in [0.25, 0.3) is 10.0 Å². The Morgan fingerprint density at radius 1 is 0.971 bits per heavy atom. The number of hydrogen-bond donors (Lipinski definition) is 1. The van der Waals surface area contributed by atoms with E-state index in [1.165, 1.54) is 0 Å². The molecule has 180 valence electrons. The number of sulfonamides is 1. The number of rotatable bonds is 9. The van der Waals surface area contributed by atoms with Crippen molar-refractivity contribution in [1.29, 1.82) is 0 Å². The number of nitrogens with zero attached hydrogens (tertiary/aromatic N) is 1. The lowest BCUT2D eigenvalue weighted by atomic mass is 10.1. The van der Waals surface area contributed by atoms with Crippen LogP contribution in [0.4, 0.5) is 5.69 Å². The predicted molar refractivity (Wildman–Crippen MR) is 136 cm³/mol. The van der Waals surface area contributed by atoms with E-state index < -0.39 is 15.9 Å². The Bertz CT molecular complexity index is 1270. The van der Waals surface area contributed by atoms with Crippen LogP contribution < -0.4 is 14.4 Å². The van der Waals surface area contributed by atoms with Gasteiger partial charge in [-0.25, -0.2) is 8.42 Å². The number of amides is 1. The Balaban J connectivity index is 1.75. The van der Waals surface area contributed by atoms with E-state index in [1.54, 1.807) is 49.4 Å². The standard InChI is InChI=1S/C26H29ClN2O4S/c1-18-8-11-23(12-9-18)34(31,32)29(24-13-10-22(27)16-20(24)3)17-26(30)28-14-15-33-25-7-5-6-19(2)21(25)4/h5-13,16H,14-15,17H2,1-4H3,(H,28,30). The first-order chi connectivity index (χ1) is 16.1. The smallest absolute Gasteiger partial charge is 0.264 e. The quantitative estimate of drug-likeness (QED) is 0.421. The van der Waals surface area contributed by atoms with Crippen molar-refractivity contribution in [2.45, 2.75) is 32.6 Å². The molecule has 1 N–H and O–H groups in total. The highest BCUT2D eigenvalue weighted by Gasteiger charge is 2.28. The molecule has 0 fully saturated rings. The van der Waals surface area contributed by atoms with Crippen LogP contribution in [0.25, 0.3) is 0 Å². The monoisotopic (exact) mass is 500 g/mol. The molecule has 0 unspecified atom stereocenters. The fourth-order valence-electron chi connectivity index (χ4n) is 3.45. The third kappa shape index (κ3) is 6.10. The lowest BCUT2D eigenvalue weighted by Gasteiger charge is -2.26. The summed E-state index contributed by atoms with van der Waals surface area (Å²) >= 11 is 6.07. The first kappa shape index (κ1) is 25.6. The zero-order valence-corrected chi connectivity index (χ0v) is 21.3. The van der Waals surface area contributed by atoms with Crippen LogP contribution in [-0.2, 0) is 14.8 Å². The topological polar surface area (TPSA) is 75.7 Å². The van der Waals surface area contributed by atoms with E-state index in [2.05, 4.69) is 5.32 Å². The maximum absolute atomic E-state index is 13.5. The second-order valence-corrected chi connectivity index (χ2v) is 10.5. The highest BCUT2D eigenvalue weighted by Crippen LogP contribution is 2.29. The van der Waals surface area contributed by atoms with Gasteiger partial charge in [-0.3, -0.25) is 9.10 Å². The Labute approximate surface area is 206 Å². The van der Waals surface area contributed by atoms with Gasteiger partial charge in [0.15, 0.2) is 0 Å². The Morgan fingerprint density at radius 2 is 1.68 bits per heavy atom. The van der Waals surface area contributed by atoms with E-state index in [1.807, 2.05) is 39.0 Å². The molecule has 0 aliphatic rings. The predicted octanol–water partition coefficient (Wildman–Crippen LogP) is 4.96. The van der Waals surface area contributed by atoms with Gasteiger partial charge in [-0.15, -0.1) is 0 Å². The molecule has 0 bridgehead atoms. The van der Waals surface area contributed by atoms with Crippen LogP contribution in [0, 0.1) is 27.7 Å². The number of carbonyl (C=O) groups is 1. The zero-order chi connectivity index (χ0) is 24.9. The number of anilines is 1. The number of aryl methyl sites for hydroxylation is 3. The average Bonchev–Trinajstić information content (AvgIpc) is 2.78. The minimum Gasteiger partial charge on any atom is -0.491 e. The first-order valence-electron chi connectivity index (χ1n) is 10.9. The van der Waals surface area contributed by atoms with Gasteiger partial charge in [0.2, 0.25) is 5.91 Å². The summed E-state index contributed by atoms with van der Waals surface area (Å²) in [6, 6.07) is 17.2. The molecule has 3 aromatic carbocycles. The van der Waals surface area contributed by atoms with Crippen molar-refractivity contribution in [2.75, 3.05) is 24.0 Å². The van der Waals surface area contributed by atoms with Crippen LogP contribution in [-0.4, -0.2) is 34.0 Å². The van der Waals surface area contributed by atoms with Gasteiger partial charge in [0, 0.05) is 5.02 Å². The van der Waals surface area contributed by atoms with Gasteiger partial charge < -0.3 is 10.1 Å². The van der Waals surface area contributed by atoms with E-state index in [4.69, 9.17) is 16.3 Å². The summed E-state index contributed by atoms with van der Waals surface area (Å²) in [5.74, 6) is 0.323. The molecule has 34 heavy (non-hydrogen) atoms. The van der Waals surface area contributed by atoms with Crippen LogP contribution >= 0.6 is 11.6 Å². The van der Waals surface area contributed by atoms with Gasteiger partial charge in [0.05, 0.1) is 17.1 Å². The summed E-state index contributed by atoms with van der Waals surface area (Å²) in [7, 11) is -3.99. The summed E-state index contributed by atoms with van der Waals surface area (Å²) in [5, 5.41) is 3.24. The van der Waals surface area contributed by atoms with E-state index in [9.17, 15) is 13.2 Å². The molecule has 0 spiro atoms. The third-order valence-electron chi connectivity index (χ3n) is 5.56. The fourth-order valence-corrected chi connectivity index (χ4v) is 5.17. The SMILES string of the molecule is Cc1ccc(S(=O)(=O)N(CC(=O)NCCOc2cccc(C)c2C)c2ccc(Cl)cc2C)cc1. The van der Waals surface area contributed by atoms with E-state index >= 15 is 0 Å². The van der Waals surface area contributed by atoms with Crippen molar-refractivity contribution < 1.29 is 17.9 Å². The minimum atomic E-state index is -3.99. The van der Waals surface area contributed by atoms with Crippen molar-refractivity contribution in [3.8, 4) is 5.75 Å². The number of nitrogens with one attached hydrogen (secondary N) is 1. The average molecular weight is 501 g/mol. The van der Waals surface area contributed by atoms with Crippen molar-refractivity contribution in [3.05, 3.63) is 87.9 Å². The molecule has 8 heteroatoms. The Hall–Kier alpha value is -3.03. The van der Waals surface area contributed by atoms with Crippen LogP contribution in [0.5, 0.6) is 5.75 Å². The highest BCUT2D eigenvalue weighted by atomic mass is 35.5. The molecule has 0 aromatic heterocycles. The Kier molecular flexibility index (Phi) is 8.23. The molecule has 0 heterocycles. The van der Waals surface area contributed by atoms with Gasteiger partial charge in [-0.2, -0.15) is 0 Å². The summed E-state index contributed by atoms with van der Waals surface area (Å²) in [5.41, 5.74) is 4.15. The number of benzene rings is 3. The number of halogens is 1. The summed E-state index contributed by atoms with van der Waals surface area (Å²) in [6.45, 7) is 7.75. The molecule has 0 saturated carbocycles. The minimum absolute atomic E-state index is 0.110. The molecule has 1 amide bonds. The van der Waals surface area contributed by atoms with Crippen molar-refractivity contribution in [1.82, 2.24) is 5.32 Å². The van der Waals surface area contributed by atoms with E-state index in [0.717, 1.165) is 26.7 Å². The number of hydrogen-bond acceptors (Lipinski definition) is 4. The van der Waals surface area contributed by atoms with Crippen molar-refractivity contribution >= 4 is 33.2 Å². The lowest BCUT2D eigenvalue weighted by Crippen LogP contribution is -2.42. The molecule has 0 saturated heterocycles. The molecular weight excluding hydrogens is 472 g/mol. The van der Waals surface area contributed by atoms with Gasteiger partial charge in [-0.1, -0.05) is 41.4 Å². The number of ether oxygens (including phenoxy) is 1. The lowest BCUT2D eigenvalue weighted by molar-refractivity contribution is -0.119. The Morgan fingerprint density at radius 3 is 2.35 bits per heavy atom. The zero-order valence-electron chi connectivity index (χ0n) is 19.8. The van der Waals surface area contributed by atoms with Gasteiger partial charge in [-0.05, 0) is 80.8 Å². The second-order valence-electron chi connectivity index (χ2n) is 8.15. The molecule has 3 aromatic rings. The maximum atomic E-state index is 13.5. The van der Waals surface area contributed by atoms with E-state index in [0.29, 0.717) is 16.3 Å². The fraction of sp³-hybridized carbons (Fsp3) is 0.269. The normalized spacial score (nSPS) is 11.2. The molecule has 0 radical (unpaired) electrons. The van der Waals surface area contributed by atoms with Crippen LogP contribution in [0.15, 0.2) is 65.6 Å². The summed E-state index contributed by atoms with van der Waals surface area (Å²) in [4.78, 5) is 12.9.